The van der Waals surface area contributed by atoms with Crippen LogP contribution in [-0.4, -0.2) is 26.3 Å². The molecule has 0 aliphatic carbocycles. The molecule has 2 amide bonds. The summed E-state index contributed by atoms with van der Waals surface area (Å²) in [4.78, 5) is 29.2. The molecule has 0 fully saturated rings. The fourth-order valence-electron chi connectivity index (χ4n) is 4.23. The zero-order valence-electron chi connectivity index (χ0n) is 16.0. The van der Waals surface area contributed by atoms with Crippen LogP contribution in [0, 0.1) is 0 Å². The summed E-state index contributed by atoms with van der Waals surface area (Å²) in [6.07, 6.45) is -1.12. The molecule has 146 valence electrons. The minimum absolute atomic E-state index is 0.558. The molecule has 7 heteroatoms. The monoisotopic (exact) mass is 406 g/mol. The summed E-state index contributed by atoms with van der Waals surface area (Å²) in [5.41, 5.74) is 1.33. The van der Waals surface area contributed by atoms with Gasteiger partial charge in [-0.25, -0.2) is 0 Å². The summed E-state index contributed by atoms with van der Waals surface area (Å²) in [6.45, 7) is 0. The van der Waals surface area contributed by atoms with Gasteiger partial charge < -0.3 is 0 Å². The van der Waals surface area contributed by atoms with Crippen molar-refractivity contribution in [3.63, 3.8) is 0 Å². The quantitative estimate of drug-likeness (QED) is 0.581. The summed E-state index contributed by atoms with van der Waals surface area (Å²) in [7, 11) is -1.04. The van der Waals surface area contributed by atoms with Crippen molar-refractivity contribution >= 4 is 46.5 Å². The third-order valence-electron chi connectivity index (χ3n) is 5.64. The number of carbonyl (C=O) groups excluding carboxylic acids is 2. The molecule has 3 aromatic rings. The second-order valence-electron chi connectivity index (χ2n) is 7.10. The maximum atomic E-state index is 13.1. The Hall–Kier alpha value is -3.37. The Morgan fingerprint density at radius 2 is 1.03 bits per heavy atom. The van der Waals surface area contributed by atoms with E-state index in [0.29, 0.717) is 27.3 Å². The van der Waals surface area contributed by atoms with E-state index in [1.54, 1.807) is 14.1 Å². The molecule has 0 radical (unpaired) electrons. The van der Waals surface area contributed by atoms with Gasteiger partial charge in [0.05, 0.1) is 0 Å². The SMILES string of the molecule is CN1C(=O)OP2(c3ccccc3)(OC(=O)N(C)c3ccccc32)c2ccccc21. The van der Waals surface area contributed by atoms with E-state index >= 15 is 0 Å². The second kappa shape index (κ2) is 5.82. The van der Waals surface area contributed by atoms with Crippen LogP contribution in [0.5, 0.6) is 0 Å². The van der Waals surface area contributed by atoms with E-state index in [4.69, 9.17) is 9.05 Å². The van der Waals surface area contributed by atoms with Crippen molar-refractivity contribution in [1.82, 2.24) is 0 Å². The number of hydrogen-bond donors (Lipinski definition) is 0. The number of para-hydroxylation sites is 2. The summed E-state index contributed by atoms with van der Waals surface area (Å²) in [6, 6.07) is 24.3. The molecule has 2 aliphatic heterocycles. The van der Waals surface area contributed by atoms with E-state index in [-0.39, 0.29) is 0 Å². The van der Waals surface area contributed by atoms with Crippen molar-refractivity contribution < 1.29 is 18.6 Å². The number of fused-ring (bicyclic) bond motifs is 4. The first-order valence-corrected chi connectivity index (χ1v) is 11.3. The van der Waals surface area contributed by atoms with Gasteiger partial charge in [0, 0.05) is 0 Å². The topological polar surface area (TPSA) is 59.1 Å². The van der Waals surface area contributed by atoms with Gasteiger partial charge in [-0.1, -0.05) is 0 Å². The van der Waals surface area contributed by atoms with Crippen LogP contribution in [0.1, 0.15) is 0 Å². The van der Waals surface area contributed by atoms with Gasteiger partial charge in [0.15, 0.2) is 0 Å². The molecule has 0 bridgehead atoms. The first kappa shape index (κ1) is 17.7. The summed E-state index contributed by atoms with van der Waals surface area (Å²) in [5, 5.41) is 2.06. The molecule has 0 aromatic heterocycles. The van der Waals surface area contributed by atoms with Crippen molar-refractivity contribution in [2.75, 3.05) is 23.9 Å². The number of hydrogen-bond acceptors (Lipinski definition) is 4. The van der Waals surface area contributed by atoms with Gasteiger partial charge in [-0.2, -0.15) is 0 Å². The first-order valence-electron chi connectivity index (χ1n) is 9.21. The van der Waals surface area contributed by atoms with Gasteiger partial charge in [-0.05, 0) is 0 Å². The van der Waals surface area contributed by atoms with Gasteiger partial charge in [0.2, 0.25) is 0 Å². The van der Waals surface area contributed by atoms with E-state index in [2.05, 4.69) is 0 Å². The van der Waals surface area contributed by atoms with Crippen molar-refractivity contribution in [1.29, 1.82) is 0 Å². The standard InChI is InChI=1S/C22H19N2O4P/c1-23-17-12-6-8-14-19(17)29(27-21(23)25,16-10-4-3-5-11-16)20-15-9-7-13-18(20)24(2)22(26)28-29/h3-15H,1-2H3. The predicted octanol–water partition coefficient (Wildman–Crippen LogP) is 3.52. The number of nitrogens with zero attached hydrogens (tertiary/aromatic N) is 2. The third-order valence-corrected chi connectivity index (χ3v) is 10.4. The Morgan fingerprint density at radius 1 is 0.621 bits per heavy atom. The molecule has 0 saturated heterocycles. The Labute approximate surface area is 168 Å². The van der Waals surface area contributed by atoms with Gasteiger partial charge in [0.1, 0.15) is 0 Å². The van der Waals surface area contributed by atoms with Crippen LogP contribution >= 0.6 is 7.06 Å². The molecule has 1 spiro atoms. The summed E-state index contributed by atoms with van der Waals surface area (Å²) in [5.74, 6) is 0. The van der Waals surface area contributed by atoms with Crippen LogP contribution < -0.4 is 25.7 Å². The second-order valence-corrected chi connectivity index (χ2v) is 10.9. The van der Waals surface area contributed by atoms with Crippen LogP contribution in [0.15, 0.2) is 78.9 Å². The molecule has 2 aliphatic rings. The minimum atomic E-state index is -4.35. The molecule has 3 aromatic carbocycles. The number of benzene rings is 3. The van der Waals surface area contributed by atoms with Gasteiger partial charge >= 0.3 is 168 Å². The maximum absolute atomic E-state index is 13.1. The fourth-order valence-corrected chi connectivity index (χ4v) is 9.23. The molecule has 0 atom stereocenters. The van der Waals surface area contributed by atoms with Crippen LogP contribution in [0.2, 0.25) is 0 Å². The summed E-state index contributed by atoms with van der Waals surface area (Å²) >= 11 is 0. The Kier molecular flexibility index (Phi) is 3.55. The van der Waals surface area contributed by atoms with Gasteiger partial charge in [0.25, 0.3) is 0 Å². The molecule has 5 rings (SSSR count). The molecular formula is C22H19N2O4P. The third kappa shape index (κ3) is 2.04. The van der Waals surface area contributed by atoms with Crippen LogP contribution in [-0.2, 0) is 9.05 Å². The normalized spacial score (nSPS) is 20.0. The summed E-state index contributed by atoms with van der Waals surface area (Å²) < 4.78 is 12.6. The first-order chi connectivity index (χ1) is 14.0. The van der Waals surface area contributed by atoms with Crippen molar-refractivity contribution in [3.05, 3.63) is 78.9 Å². The van der Waals surface area contributed by atoms with Crippen LogP contribution in [0.4, 0.5) is 21.0 Å². The molecule has 2 heterocycles. The molecule has 6 nitrogen and oxygen atoms in total. The van der Waals surface area contributed by atoms with Crippen molar-refractivity contribution in [3.8, 4) is 0 Å². The number of rotatable bonds is 1. The Balaban J connectivity index is 2.04. The van der Waals surface area contributed by atoms with Gasteiger partial charge in [-0.3, -0.25) is 0 Å². The van der Waals surface area contributed by atoms with E-state index in [1.165, 1.54) is 9.80 Å². The molecule has 0 unspecified atom stereocenters. The van der Waals surface area contributed by atoms with E-state index in [9.17, 15) is 9.59 Å². The fraction of sp³-hybridized carbons (Fsp3) is 0.0909. The van der Waals surface area contributed by atoms with Crippen molar-refractivity contribution in [2.45, 2.75) is 0 Å². The number of anilines is 2. The van der Waals surface area contributed by atoms with Crippen LogP contribution in [0.25, 0.3) is 0 Å². The Bertz CT molecular complexity index is 1090. The van der Waals surface area contributed by atoms with E-state index in [1.807, 2.05) is 78.9 Å². The van der Waals surface area contributed by atoms with Crippen molar-refractivity contribution in [2.24, 2.45) is 0 Å². The number of amides is 2. The van der Waals surface area contributed by atoms with E-state index < -0.39 is 19.2 Å². The zero-order chi connectivity index (χ0) is 20.2. The van der Waals surface area contributed by atoms with Crippen LogP contribution in [0.3, 0.4) is 0 Å². The average Bonchev–Trinajstić information content (AvgIpc) is 2.77. The molecular weight excluding hydrogens is 387 g/mol. The van der Waals surface area contributed by atoms with Gasteiger partial charge in [-0.15, -0.1) is 0 Å². The molecule has 0 N–H and O–H groups in total. The zero-order valence-corrected chi connectivity index (χ0v) is 16.9. The predicted molar refractivity (Wildman–Crippen MR) is 115 cm³/mol. The molecule has 0 saturated carbocycles. The average molecular weight is 406 g/mol. The molecule has 29 heavy (non-hydrogen) atoms. The number of carbonyl (C=O) groups is 2. The Morgan fingerprint density at radius 3 is 1.52 bits per heavy atom. The van der Waals surface area contributed by atoms with E-state index in [0.717, 1.165) is 0 Å².